The second-order valence-electron chi connectivity index (χ2n) is 5.77. The zero-order chi connectivity index (χ0) is 16.5. The molecule has 1 aromatic carbocycles. The lowest BCUT2D eigenvalue weighted by Gasteiger charge is -2.29. The van der Waals surface area contributed by atoms with Crippen LogP contribution in [0.3, 0.4) is 0 Å². The van der Waals surface area contributed by atoms with Crippen molar-refractivity contribution in [1.82, 2.24) is 9.97 Å². The third kappa shape index (κ3) is 2.77. The van der Waals surface area contributed by atoms with E-state index in [2.05, 4.69) is 27.0 Å². The highest BCUT2D eigenvalue weighted by Crippen LogP contribution is 2.31. The summed E-state index contributed by atoms with van der Waals surface area (Å²) in [4.78, 5) is 11.0. The van der Waals surface area contributed by atoms with E-state index < -0.39 is 0 Å². The standard InChI is InChI=1S/C18H17ClN4O/c19-18-15(20)10-13(11-22-18)12-1-2-16-14(9-12)17(3-4-21-16)23-5-7-24-8-6-23/h1-4,9-11H,5-8,20H2. The van der Waals surface area contributed by atoms with Crippen LogP contribution < -0.4 is 10.6 Å². The fraction of sp³-hybridized carbons (Fsp3) is 0.222. The number of hydrogen-bond acceptors (Lipinski definition) is 5. The minimum absolute atomic E-state index is 0.329. The number of nitrogens with two attached hydrogens (primary N) is 1. The van der Waals surface area contributed by atoms with Gasteiger partial charge < -0.3 is 15.4 Å². The summed E-state index contributed by atoms with van der Waals surface area (Å²) < 4.78 is 5.46. The monoisotopic (exact) mass is 340 g/mol. The second-order valence-corrected chi connectivity index (χ2v) is 6.12. The SMILES string of the molecule is Nc1cc(-c2ccc3nccc(N4CCOCC4)c3c2)cnc1Cl. The van der Waals surface area contributed by atoms with Crippen molar-refractivity contribution in [2.45, 2.75) is 0 Å². The molecule has 0 radical (unpaired) electrons. The van der Waals surface area contributed by atoms with Crippen molar-refractivity contribution in [2.75, 3.05) is 36.9 Å². The number of pyridine rings is 2. The van der Waals surface area contributed by atoms with Gasteiger partial charge in [-0.3, -0.25) is 4.98 Å². The molecule has 24 heavy (non-hydrogen) atoms. The molecule has 0 atom stereocenters. The summed E-state index contributed by atoms with van der Waals surface area (Å²) in [6.07, 6.45) is 3.60. The van der Waals surface area contributed by atoms with Crippen molar-refractivity contribution in [2.24, 2.45) is 0 Å². The van der Waals surface area contributed by atoms with Crippen molar-refractivity contribution in [1.29, 1.82) is 0 Å². The van der Waals surface area contributed by atoms with Gasteiger partial charge in [0, 0.05) is 42.1 Å². The zero-order valence-corrected chi connectivity index (χ0v) is 13.8. The first-order valence-corrected chi connectivity index (χ1v) is 8.23. The minimum atomic E-state index is 0.329. The number of anilines is 2. The number of fused-ring (bicyclic) bond motifs is 1. The number of rotatable bonds is 2. The molecule has 3 heterocycles. The van der Waals surface area contributed by atoms with Crippen molar-refractivity contribution < 1.29 is 4.74 Å². The zero-order valence-electron chi connectivity index (χ0n) is 13.1. The van der Waals surface area contributed by atoms with E-state index in [1.807, 2.05) is 24.4 Å². The minimum Gasteiger partial charge on any atom is -0.396 e. The van der Waals surface area contributed by atoms with Gasteiger partial charge in [-0.25, -0.2) is 4.98 Å². The molecular weight excluding hydrogens is 324 g/mol. The molecular formula is C18H17ClN4O. The smallest absolute Gasteiger partial charge is 0.151 e. The van der Waals surface area contributed by atoms with Gasteiger partial charge in [0.25, 0.3) is 0 Å². The lowest BCUT2D eigenvalue weighted by atomic mass is 10.0. The van der Waals surface area contributed by atoms with Gasteiger partial charge in [-0.15, -0.1) is 0 Å². The summed E-state index contributed by atoms with van der Waals surface area (Å²) in [5.41, 5.74) is 10.5. The molecule has 122 valence electrons. The fourth-order valence-corrected chi connectivity index (χ4v) is 3.12. The topological polar surface area (TPSA) is 64.3 Å². The van der Waals surface area contributed by atoms with Crippen LogP contribution in [0.4, 0.5) is 11.4 Å². The molecule has 1 fully saturated rings. The van der Waals surface area contributed by atoms with Crippen molar-refractivity contribution >= 4 is 33.9 Å². The maximum absolute atomic E-state index is 5.93. The Kier molecular flexibility index (Phi) is 3.96. The van der Waals surface area contributed by atoms with Gasteiger partial charge in [0.1, 0.15) is 0 Å². The van der Waals surface area contributed by atoms with E-state index in [-0.39, 0.29) is 0 Å². The number of hydrogen-bond donors (Lipinski definition) is 1. The van der Waals surface area contributed by atoms with Crippen molar-refractivity contribution in [3.63, 3.8) is 0 Å². The van der Waals surface area contributed by atoms with Crippen LogP contribution in [0.5, 0.6) is 0 Å². The van der Waals surface area contributed by atoms with Crippen LogP contribution in [0, 0.1) is 0 Å². The van der Waals surface area contributed by atoms with Gasteiger partial charge in [0.15, 0.2) is 5.15 Å². The van der Waals surface area contributed by atoms with E-state index in [0.29, 0.717) is 10.8 Å². The first kappa shape index (κ1) is 15.2. The van der Waals surface area contributed by atoms with Crippen LogP contribution in [0.15, 0.2) is 42.7 Å². The van der Waals surface area contributed by atoms with E-state index in [4.69, 9.17) is 22.1 Å². The molecule has 2 aromatic heterocycles. The highest BCUT2D eigenvalue weighted by molar-refractivity contribution is 6.31. The van der Waals surface area contributed by atoms with Crippen LogP contribution in [0.2, 0.25) is 5.15 Å². The number of ether oxygens (including phenoxy) is 1. The molecule has 4 rings (SSSR count). The quantitative estimate of drug-likeness (QED) is 0.725. The van der Waals surface area contributed by atoms with Crippen LogP contribution in [-0.2, 0) is 4.74 Å². The Labute approximate surface area is 145 Å². The molecule has 5 nitrogen and oxygen atoms in total. The molecule has 0 amide bonds. The molecule has 3 aromatic rings. The Morgan fingerprint density at radius 3 is 2.67 bits per heavy atom. The van der Waals surface area contributed by atoms with Gasteiger partial charge in [0.05, 0.1) is 24.4 Å². The van der Waals surface area contributed by atoms with Crippen molar-refractivity contribution in [3.05, 3.63) is 47.9 Å². The highest BCUT2D eigenvalue weighted by Gasteiger charge is 2.15. The van der Waals surface area contributed by atoms with Crippen LogP contribution in [0.25, 0.3) is 22.0 Å². The van der Waals surface area contributed by atoms with Gasteiger partial charge in [-0.2, -0.15) is 0 Å². The van der Waals surface area contributed by atoms with Gasteiger partial charge >= 0.3 is 0 Å². The average Bonchev–Trinajstić information content (AvgIpc) is 2.64. The number of nitrogens with zero attached hydrogens (tertiary/aromatic N) is 3. The van der Waals surface area contributed by atoms with E-state index >= 15 is 0 Å². The number of benzene rings is 1. The van der Waals surface area contributed by atoms with E-state index in [1.54, 1.807) is 6.20 Å². The predicted octanol–water partition coefficient (Wildman–Crippen LogP) is 3.37. The van der Waals surface area contributed by atoms with Crippen LogP contribution in [-0.4, -0.2) is 36.3 Å². The third-order valence-corrected chi connectivity index (χ3v) is 4.59. The van der Waals surface area contributed by atoms with E-state index in [0.717, 1.165) is 48.3 Å². The summed E-state index contributed by atoms with van der Waals surface area (Å²) >= 11 is 5.93. The maximum Gasteiger partial charge on any atom is 0.151 e. The van der Waals surface area contributed by atoms with E-state index in [9.17, 15) is 0 Å². The summed E-state index contributed by atoms with van der Waals surface area (Å²) in [6.45, 7) is 3.28. The molecule has 2 N–H and O–H groups in total. The molecule has 1 aliphatic rings. The maximum atomic E-state index is 5.93. The molecule has 1 saturated heterocycles. The van der Waals surface area contributed by atoms with Crippen molar-refractivity contribution in [3.8, 4) is 11.1 Å². The highest BCUT2D eigenvalue weighted by atomic mass is 35.5. The first-order valence-electron chi connectivity index (χ1n) is 7.85. The Bertz CT molecular complexity index is 893. The fourth-order valence-electron chi connectivity index (χ4n) is 3.01. The second kappa shape index (κ2) is 6.26. The lowest BCUT2D eigenvalue weighted by Crippen LogP contribution is -2.36. The summed E-state index contributed by atoms with van der Waals surface area (Å²) in [6, 6.07) is 10.1. The van der Waals surface area contributed by atoms with Gasteiger partial charge in [-0.05, 0) is 29.8 Å². The molecule has 1 aliphatic heterocycles. The average molecular weight is 341 g/mol. The van der Waals surface area contributed by atoms with Gasteiger partial charge in [0.2, 0.25) is 0 Å². The molecule has 0 aliphatic carbocycles. The first-order chi connectivity index (χ1) is 11.7. The lowest BCUT2D eigenvalue weighted by molar-refractivity contribution is 0.123. The van der Waals surface area contributed by atoms with Crippen LogP contribution >= 0.6 is 11.6 Å². The summed E-state index contributed by atoms with van der Waals surface area (Å²) in [5.74, 6) is 0. The molecule has 0 spiro atoms. The largest absolute Gasteiger partial charge is 0.396 e. The Morgan fingerprint density at radius 2 is 1.88 bits per heavy atom. The molecule has 6 heteroatoms. The summed E-state index contributed by atoms with van der Waals surface area (Å²) in [5, 5.41) is 1.45. The number of aromatic nitrogens is 2. The molecule has 0 saturated carbocycles. The molecule has 0 unspecified atom stereocenters. The normalized spacial score (nSPS) is 15.0. The Morgan fingerprint density at radius 1 is 1.04 bits per heavy atom. The number of morpholine rings is 1. The Hall–Kier alpha value is -2.37. The van der Waals surface area contributed by atoms with Gasteiger partial charge in [-0.1, -0.05) is 17.7 Å². The molecule has 0 bridgehead atoms. The number of halogens is 1. The third-order valence-electron chi connectivity index (χ3n) is 4.27. The van der Waals surface area contributed by atoms with E-state index in [1.165, 1.54) is 5.69 Å². The summed E-state index contributed by atoms with van der Waals surface area (Å²) in [7, 11) is 0. The predicted molar refractivity (Wildman–Crippen MR) is 97.4 cm³/mol. The number of nitrogen functional groups attached to an aromatic ring is 1. The Balaban J connectivity index is 1.82. The van der Waals surface area contributed by atoms with Crippen LogP contribution in [0.1, 0.15) is 0 Å².